The molecule has 4 heteroatoms. The van der Waals surface area contributed by atoms with Gasteiger partial charge in [0.05, 0.1) is 18.9 Å². The van der Waals surface area contributed by atoms with Gasteiger partial charge in [0.1, 0.15) is 0 Å². The van der Waals surface area contributed by atoms with Crippen LogP contribution in [0.1, 0.15) is 25.5 Å². The van der Waals surface area contributed by atoms with E-state index >= 15 is 0 Å². The average Bonchev–Trinajstić information content (AvgIpc) is 2.30. The molecule has 94 valence electrons. The van der Waals surface area contributed by atoms with Crippen molar-refractivity contribution in [2.24, 2.45) is 5.73 Å². The predicted molar refractivity (Wildman–Crippen MR) is 74.4 cm³/mol. The van der Waals surface area contributed by atoms with Crippen LogP contribution >= 0.6 is 15.9 Å². The third-order valence-electron chi connectivity index (χ3n) is 3.17. The van der Waals surface area contributed by atoms with E-state index < -0.39 is 0 Å². The van der Waals surface area contributed by atoms with Crippen LogP contribution in [-0.2, 0) is 4.74 Å². The lowest BCUT2D eigenvalue weighted by Crippen LogP contribution is -2.43. The molecular weight excluding hydrogens is 280 g/mol. The van der Waals surface area contributed by atoms with E-state index in [0.29, 0.717) is 6.04 Å². The Hall–Kier alpha value is -0.580. The Labute approximate surface area is 111 Å². The number of morpholine rings is 1. The van der Waals surface area contributed by atoms with Crippen LogP contribution in [0.4, 0.5) is 5.69 Å². The molecule has 1 aliphatic rings. The second-order valence-electron chi connectivity index (χ2n) is 4.62. The Kier molecular flexibility index (Phi) is 4.07. The number of ether oxygens (including phenoxy) is 1. The monoisotopic (exact) mass is 298 g/mol. The van der Waals surface area contributed by atoms with Crippen molar-refractivity contribution in [1.82, 2.24) is 0 Å². The maximum atomic E-state index is 5.88. The summed E-state index contributed by atoms with van der Waals surface area (Å²) in [6, 6.07) is 6.85. The fraction of sp³-hybridized carbons (Fsp3) is 0.538. The minimum absolute atomic E-state index is 0.0717. The van der Waals surface area contributed by atoms with E-state index in [1.165, 1.54) is 5.69 Å². The minimum Gasteiger partial charge on any atom is -0.377 e. The number of nitrogens with zero attached hydrogens (tertiary/aromatic N) is 1. The Bertz CT molecular complexity index is 395. The molecule has 2 rings (SSSR count). The molecule has 0 bridgehead atoms. The van der Waals surface area contributed by atoms with Crippen LogP contribution < -0.4 is 10.6 Å². The summed E-state index contributed by atoms with van der Waals surface area (Å²) in [5, 5.41) is 0. The van der Waals surface area contributed by atoms with Gasteiger partial charge in [-0.05, 0) is 47.5 Å². The van der Waals surface area contributed by atoms with Gasteiger partial charge in [0.2, 0.25) is 0 Å². The van der Waals surface area contributed by atoms with Crippen LogP contribution in [0.5, 0.6) is 0 Å². The Balaban J connectivity index is 2.26. The van der Waals surface area contributed by atoms with Gasteiger partial charge in [-0.15, -0.1) is 0 Å². The highest BCUT2D eigenvalue weighted by molar-refractivity contribution is 9.10. The van der Waals surface area contributed by atoms with Crippen molar-refractivity contribution in [3.05, 3.63) is 28.2 Å². The first-order valence-electron chi connectivity index (χ1n) is 5.99. The van der Waals surface area contributed by atoms with Gasteiger partial charge in [0.15, 0.2) is 0 Å². The van der Waals surface area contributed by atoms with Crippen LogP contribution in [-0.4, -0.2) is 25.8 Å². The van der Waals surface area contributed by atoms with E-state index in [1.807, 2.05) is 6.92 Å². The SMILES string of the molecule is CC1COCCN1c1ccc([C@@H](C)N)cc1Br. The smallest absolute Gasteiger partial charge is 0.0668 e. The fourth-order valence-corrected chi connectivity index (χ4v) is 2.75. The summed E-state index contributed by atoms with van der Waals surface area (Å²) < 4.78 is 6.57. The highest BCUT2D eigenvalue weighted by Crippen LogP contribution is 2.31. The molecule has 1 saturated heterocycles. The van der Waals surface area contributed by atoms with E-state index in [9.17, 15) is 0 Å². The third kappa shape index (κ3) is 2.81. The number of anilines is 1. The second-order valence-corrected chi connectivity index (χ2v) is 5.47. The lowest BCUT2D eigenvalue weighted by atomic mass is 10.1. The van der Waals surface area contributed by atoms with Gasteiger partial charge >= 0.3 is 0 Å². The molecule has 0 amide bonds. The zero-order valence-corrected chi connectivity index (χ0v) is 11.9. The quantitative estimate of drug-likeness (QED) is 0.912. The average molecular weight is 299 g/mol. The third-order valence-corrected chi connectivity index (χ3v) is 3.81. The van der Waals surface area contributed by atoms with Gasteiger partial charge in [0, 0.05) is 23.1 Å². The van der Waals surface area contributed by atoms with Crippen molar-refractivity contribution in [1.29, 1.82) is 0 Å². The Morgan fingerprint density at radius 2 is 2.29 bits per heavy atom. The predicted octanol–water partition coefficient (Wildman–Crippen LogP) is 2.69. The maximum absolute atomic E-state index is 5.88. The molecule has 0 aromatic heterocycles. The number of hydrogen-bond acceptors (Lipinski definition) is 3. The molecule has 3 nitrogen and oxygen atoms in total. The number of benzene rings is 1. The number of rotatable bonds is 2. The molecule has 1 aromatic rings. The summed E-state index contributed by atoms with van der Waals surface area (Å²) in [5.74, 6) is 0. The number of hydrogen-bond donors (Lipinski definition) is 1. The topological polar surface area (TPSA) is 38.5 Å². The lowest BCUT2D eigenvalue weighted by Gasteiger charge is -2.36. The van der Waals surface area contributed by atoms with Crippen molar-refractivity contribution in [3.63, 3.8) is 0 Å². The van der Waals surface area contributed by atoms with Crippen molar-refractivity contribution >= 4 is 21.6 Å². The zero-order valence-electron chi connectivity index (χ0n) is 10.3. The molecule has 0 radical (unpaired) electrons. The van der Waals surface area contributed by atoms with Gasteiger partial charge in [-0.1, -0.05) is 6.07 Å². The van der Waals surface area contributed by atoms with Gasteiger partial charge in [-0.3, -0.25) is 0 Å². The number of halogens is 1. The minimum atomic E-state index is 0.0717. The van der Waals surface area contributed by atoms with E-state index in [0.717, 1.165) is 29.8 Å². The first kappa shape index (κ1) is 12.9. The molecular formula is C13H19BrN2O. The maximum Gasteiger partial charge on any atom is 0.0668 e. The summed E-state index contributed by atoms with van der Waals surface area (Å²) in [6.07, 6.45) is 0. The van der Waals surface area contributed by atoms with Crippen molar-refractivity contribution in [3.8, 4) is 0 Å². The summed E-state index contributed by atoms with van der Waals surface area (Å²) >= 11 is 3.64. The van der Waals surface area contributed by atoms with E-state index in [4.69, 9.17) is 10.5 Å². The van der Waals surface area contributed by atoms with Crippen molar-refractivity contribution < 1.29 is 4.74 Å². The van der Waals surface area contributed by atoms with E-state index in [2.05, 4.69) is 46.0 Å². The van der Waals surface area contributed by atoms with Gasteiger partial charge in [-0.2, -0.15) is 0 Å². The molecule has 0 spiro atoms. The van der Waals surface area contributed by atoms with Crippen LogP contribution in [0, 0.1) is 0 Å². The normalized spacial score (nSPS) is 22.6. The summed E-state index contributed by atoms with van der Waals surface area (Å²) in [5.41, 5.74) is 8.27. The first-order valence-corrected chi connectivity index (χ1v) is 6.78. The summed E-state index contributed by atoms with van der Waals surface area (Å²) in [4.78, 5) is 2.37. The van der Waals surface area contributed by atoms with Gasteiger partial charge in [-0.25, -0.2) is 0 Å². The molecule has 1 unspecified atom stereocenters. The lowest BCUT2D eigenvalue weighted by molar-refractivity contribution is 0.0989. The van der Waals surface area contributed by atoms with Crippen LogP contribution in [0.25, 0.3) is 0 Å². The van der Waals surface area contributed by atoms with Crippen LogP contribution in [0.3, 0.4) is 0 Å². The largest absolute Gasteiger partial charge is 0.377 e. The fourth-order valence-electron chi connectivity index (χ4n) is 2.12. The van der Waals surface area contributed by atoms with Crippen molar-refractivity contribution in [2.45, 2.75) is 25.9 Å². The van der Waals surface area contributed by atoms with Crippen LogP contribution in [0.2, 0.25) is 0 Å². The Morgan fingerprint density at radius 3 is 2.88 bits per heavy atom. The standard InChI is InChI=1S/C13H19BrN2O/c1-9-8-17-6-5-16(9)13-4-3-11(10(2)15)7-12(13)14/h3-4,7,9-10H,5-6,8,15H2,1-2H3/t9?,10-/m1/s1. The van der Waals surface area contributed by atoms with Gasteiger partial charge in [0.25, 0.3) is 0 Å². The molecule has 17 heavy (non-hydrogen) atoms. The molecule has 0 saturated carbocycles. The van der Waals surface area contributed by atoms with Crippen molar-refractivity contribution in [2.75, 3.05) is 24.7 Å². The van der Waals surface area contributed by atoms with E-state index in [1.54, 1.807) is 0 Å². The summed E-state index contributed by atoms with van der Waals surface area (Å²) in [7, 11) is 0. The molecule has 1 fully saturated rings. The molecule has 1 aromatic carbocycles. The summed E-state index contributed by atoms with van der Waals surface area (Å²) in [6.45, 7) is 6.72. The van der Waals surface area contributed by atoms with E-state index in [-0.39, 0.29) is 6.04 Å². The molecule has 1 heterocycles. The molecule has 0 aliphatic carbocycles. The van der Waals surface area contributed by atoms with Crippen LogP contribution in [0.15, 0.2) is 22.7 Å². The first-order chi connectivity index (χ1) is 8.09. The second kappa shape index (κ2) is 5.38. The molecule has 1 aliphatic heterocycles. The molecule has 2 N–H and O–H groups in total. The Morgan fingerprint density at radius 1 is 1.53 bits per heavy atom. The van der Waals surface area contributed by atoms with Gasteiger partial charge < -0.3 is 15.4 Å². The highest BCUT2D eigenvalue weighted by Gasteiger charge is 2.21. The number of nitrogens with two attached hydrogens (primary N) is 1. The highest BCUT2D eigenvalue weighted by atomic mass is 79.9. The zero-order chi connectivity index (χ0) is 12.4. The molecule has 2 atom stereocenters.